The van der Waals surface area contributed by atoms with Crippen molar-refractivity contribution in [2.75, 3.05) is 62.9 Å². The van der Waals surface area contributed by atoms with Crippen molar-refractivity contribution in [3.8, 4) is 23.1 Å². The molecule has 0 radical (unpaired) electrons. The van der Waals surface area contributed by atoms with E-state index in [-0.39, 0.29) is 71.1 Å². The van der Waals surface area contributed by atoms with Gasteiger partial charge in [0.15, 0.2) is 17.2 Å². The van der Waals surface area contributed by atoms with Crippen LogP contribution in [0.25, 0.3) is 11.0 Å². The van der Waals surface area contributed by atoms with Gasteiger partial charge in [0, 0.05) is 60.6 Å². The van der Waals surface area contributed by atoms with E-state index in [0.717, 1.165) is 44.2 Å². The standard InChI is InChI=1S/C55H67N7O11S/c1-34(2)41-7-4-5-8-42(41)45-9-6-20-61(45)38-29-55(30-38)17-21-60(22-18-55)37-10-11-43(47(26-37)73-49-25-36-14-19-56-51(36)58-53(49)72-32-39-31-69-23-24-70-39)52(63)59-74(67,68)40-27-46(62(65)66)50-48(28-40)71-33-44(57-50)35-12-15-54(3,64)16-13-35/h4-5,7-8,10-11,14,19,25-28,34-35,38-39,44-45,57,64H,6,9,12-13,15-18,20-24,29-33H2,1-3H3,(H,56,58)(H,59,63)/t35?,39-,44-,45-,54?/m1/s1. The van der Waals surface area contributed by atoms with Gasteiger partial charge in [0.1, 0.15) is 30.7 Å². The number of likely N-dealkylation sites (tertiary alicyclic amines) is 1. The van der Waals surface area contributed by atoms with Crippen molar-refractivity contribution in [3.63, 3.8) is 0 Å². The van der Waals surface area contributed by atoms with Crippen molar-refractivity contribution in [1.82, 2.24) is 19.6 Å². The monoisotopic (exact) mass is 1030 g/mol. The molecule has 6 aliphatic rings. The molecule has 3 saturated heterocycles. The average Bonchev–Trinajstić information content (AvgIpc) is 4.07. The zero-order valence-electron chi connectivity index (χ0n) is 42.3. The summed E-state index contributed by atoms with van der Waals surface area (Å²) in [5.74, 6) is -0.104. The molecule has 19 heteroatoms. The smallest absolute Gasteiger partial charge is 0.297 e. The molecular weight excluding hydrogens is 967 g/mol. The molecule has 4 aliphatic heterocycles. The van der Waals surface area contributed by atoms with Gasteiger partial charge in [0.05, 0.1) is 46.8 Å². The van der Waals surface area contributed by atoms with E-state index in [2.05, 4.69) is 62.9 Å². The first kappa shape index (κ1) is 50.2. The number of hydrogen-bond acceptors (Lipinski definition) is 15. The number of benzene rings is 3. The molecule has 2 aliphatic carbocycles. The summed E-state index contributed by atoms with van der Waals surface area (Å²) in [6.07, 6.45) is 10.7. The van der Waals surface area contributed by atoms with Gasteiger partial charge in [0.25, 0.3) is 27.5 Å². The second kappa shape index (κ2) is 20.3. The Hall–Kier alpha value is -5.99. The third-order valence-electron chi connectivity index (χ3n) is 16.7. The fraction of sp³-hybridized carbons (Fsp3) is 0.527. The van der Waals surface area contributed by atoms with Crippen LogP contribution in [0, 0.1) is 21.4 Å². The van der Waals surface area contributed by atoms with Crippen LogP contribution >= 0.6 is 0 Å². The number of nitro benzene ring substituents is 1. The number of sulfonamides is 1. The summed E-state index contributed by atoms with van der Waals surface area (Å²) in [4.78, 5) is 38.7. The van der Waals surface area contributed by atoms with Crippen LogP contribution in [0.1, 0.15) is 118 Å². The Balaban J connectivity index is 0.843. The molecular formula is C55H67N7O11S. The fourth-order valence-electron chi connectivity index (χ4n) is 12.4. The molecule has 2 saturated carbocycles. The second-order valence-corrected chi connectivity index (χ2v) is 23.7. The first-order valence-electron chi connectivity index (χ1n) is 26.3. The van der Waals surface area contributed by atoms with Gasteiger partial charge in [-0.3, -0.25) is 19.8 Å². The number of aliphatic hydroxyl groups is 1. The van der Waals surface area contributed by atoms with Crippen molar-refractivity contribution < 1.29 is 46.9 Å². The molecule has 3 aromatic carbocycles. The van der Waals surface area contributed by atoms with E-state index >= 15 is 0 Å². The van der Waals surface area contributed by atoms with Gasteiger partial charge in [0.2, 0.25) is 0 Å². The van der Waals surface area contributed by atoms with E-state index in [1.54, 1.807) is 37.4 Å². The number of hydrogen-bond donors (Lipinski definition) is 4. The summed E-state index contributed by atoms with van der Waals surface area (Å²) in [6, 6.07) is 20.5. The number of nitrogens with zero attached hydrogens (tertiary/aromatic N) is 4. The molecule has 3 atom stereocenters. The Kier molecular flexibility index (Phi) is 13.7. The van der Waals surface area contributed by atoms with Crippen molar-refractivity contribution in [2.45, 2.75) is 126 Å². The average molecular weight is 1030 g/mol. The highest BCUT2D eigenvalue weighted by atomic mass is 32.2. The molecule has 0 bridgehead atoms. The fourth-order valence-corrected chi connectivity index (χ4v) is 13.4. The first-order chi connectivity index (χ1) is 35.6. The maximum atomic E-state index is 14.5. The highest BCUT2D eigenvalue weighted by molar-refractivity contribution is 7.90. The van der Waals surface area contributed by atoms with Crippen molar-refractivity contribution in [2.24, 2.45) is 11.3 Å². The molecule has 0 unspecified atom stereocenters. The SMILES string of the molecule is CC(C)c1ccccc1[C@H]1CCCN1C1CC2(CCN(c3ccc(C(=O)NS(=O)(=O)c4cc5c(c([N+](=O)[O-])c4)N[C@@H](C4CCC(C)(O)CC4)CO5)c(Oc4cc5cc[nH]c5nc4OC[C@H]4COCCO4)c3)CC2)C1. The minimum absolute atomic E-state index is 0.0155. The summed E-state index contributed by atoms with van der Waals surface area (Å²) < 4.78 is 60.9. The zero-order valence-corrected chi connectivity index (χ0v) is 43.2. The Bertz CT molecular complexity index is 3000. The Labute approximate surface area is 431 Å². The number of fused-ring (bicyclic) bond motifs is 2. The van der Waals surface area contributed by atoms with Gasteiger partial charge in [-0.1, -0.05) is 38.1 Å². The molecule has 6 heterocycles. The summed E-state index contributed by atoms with van der Waals surface area (Å²) in [5, 5.41) is 27.0. The zero-order chi connectivity index (χ0) is 51.4. The van der Waals surface area contributed by atoms with E-state index in [9.17, 15) is 28.4 Å². The minimum atomic E-state index is -4.74. The lowest BCUT2D eigenvalue weighted by molar-refractivity contribution is -0.384. The molecule has 18 nitrogen and oxygen atoms in total. The third-order valence-corrected chi connectivity index (χ3v) is 18.0. The predicted octanol–water partition coefficient (Wildman–Crippen LogP) is 9.00. The van der Waals surface area contributed by atoms with Crippen LogP contribution in [0.2, 0.25) is 0 Å². The molecule has 394 valence electrons. The number of H-pyrrole nitrogens is 1. The quantitative estimate of drug-likeness (QED) is 0.0602. The number of nitro groups is 1. The van der Waals surface area contributed by atoms with E-state index in [0.29, 0.717) is 74.5 Å². The van der Waals surface area contributed by atoms with Crippen LogP contribution < -0.4 is 29.1 Å². The molecule has 5 aromatic rings. The third kappa shape index (κ3) is 10.2. The number of pyridine rings is 1. The van der Waals surface area contributed by atoms with Crippen LogP contribution in [0.4, 0.5) is 17.1 Å². The largest absolute Gasteiger partial charge is 0.489 e. The highest BCUT2D eigenvalue weighted by Gasteiger charge is 2.50. The number of ether oxygens (including phenoxy) is 5. The lowest BCUT2D eigenvalue weighted by Crippen LogP contribution is -2.54. The van der Waals surface area contributed by atoms with E-state index in [1.165, 1.54) is 42.9 Å². The second-order valence-electron chi connectivity index (χ2n) is 22.0. The van der Waals surface area contributed by atoms with E-state index in [4.69, 9.17) is 28.7 Å². The number of carbonyl (C=O) groups excluding carboxylic acids is 1. The summed E-state index contributed by atoms with van der Waals surface area (Å²) in [5.41, 5.74) is 3.23. The maximum Gasteiger partial charge on any atom is 0.297 e. The number of nitrogens with one attached hydrogen (secondary N) is 3. The van der Waals surface area contributed by atoms with Crippen LogP contribution in [-0.2, 0) is 19.5 Å². The molecule has 4 N–H and O–H groups in total. The normalized spacial score (nSPS) is 25.2. The van der Waals surface area contributed by atoms with Crippen molar-refractivity contribution in [3.05, 3.63) is 99.7 Å². The number of carbonyl (C=O) groups is 1. The summed E-state index contributed by atoms with van der Waals surface area (Å²) in [6.45, 7) is 10.6. The van der Waals surface area contributed by atoms with E-state index in [1.807, 2.05) is 6.07 Å². The molecule has 5 fully saturated rings. The number of amides is 1. The minimum Gasteiger partial charge on any atom is -0.489 e. The van der Waals surface area contributed by atoms with Crippen LogP contribution in [0.3, 0.4) is 0 Å². The Morgan fingerprint density at radius 1 is 0.986 bits per heavy atom. The number of aromatic nitrogens is 2. The molecule has 74 heavy (non-hydrogen) atoms. The van der Waals surface area contributed by atoms with Crippen LogP contribution in [-0.4, -0.2) is 116 Å². The number of aromatic amines is 1. The summed E-state index contributed by atoms with van der Waals surface area (Å²) in [7, 11) is -4.74. The molecule has 2 aromatic heterocycles. The molecule has 1 spiro atoms. The maximum absolute atomic E-state index is 14.5. The van der Waals surface area contributed by atoms with Crippen molar-refractivity contribution >= 4 is 44.0 Å². The Morgan fingerprint density at radius 2 is 1.78 bits per heavy atom. The highest BCUT2D eigenvalue weighted by Crippen LogP contribution is 2.54. The van der Waals surface area contributed by atoms with Gasteiger partial charge < -0.3 is 44.0 Å². The van der Waals surface area contributed by atoms with Gasteiger partial charge in [-0.05, 0) is 130 Å². The van der Waals surface area contributed by atoms with Gasteiger partial charge in [-0.25, -0.2) is 13.1 Å². The lowest BCUT2D eigenvalue weighted by Gasteiger charge is -2.56. The predicted molar refractivity (Wildman–Crippen MR) is 278 cm³/mol. The van der Waals surface area contributed by atoms with Crippen LogP contribution in [0.15, 0.2) is 77.8 Å². The van der Waals surface area contributed by atoms with Gasteiger partial charge in [-0.15, -0.1) is 0 Å². The molecule has 1 amide bonds. The number of anilines is 2. The summed E-state index contributed by atoms with van der Waals surface area (Å²) >= 11 is 0. The Morgan fingerprint density at radius 3 is 2.54 bits per heavy atom. The van der Waals surface area contributed by atoms with Crippen LogP contribution in [0.5, 0.6) is 23.1 Å². The molecule has 11 rings (SSSR count). The lowest BCUT2D eigenvalue weighted by atomic mass is 9.59. The van der Waals surface area contributed by atoms with Gasteiger partial charge >= 0.3 is 0 Å². The van der Waals surface area contributed by atoms with Gasteiger partial charge in [-0.2, -0.15) is 4.98 Å². The number of piperidine rings is 1. The van der Waals surface area contributed by atoms with Crippen molar-refractivity contribution in [1.29, 1.82) is 0 Å². The van der Waals surface area contributed by atoms with E-state index < -0.39 is 37.0 Å². The first-order valence-corrected chi connectivity index (χ1v) is 27.8. The number of rotatable bonds is 14. The topological polar surface area (TPSA) is 220 Å².